The van der Waals surface area contributed by atoms with Crippen LogP contribution in [0, 0.1) is 0 Å². The molecule has 0 spiro atoms. The van der Waals surface area contributed by atoms with Crippen molar-refractivity contribution in [2.24, 2.45) is 0 Å². The summed E-state index contributed by atoms with van der Waals surface area (Å²) in [4.78, 5) is 24.6. The van der Waals surface area contributed by atoms with Gasteiger partial charge in [-0.05, 0) is 24.6 Å². The van der Waals surface area contributed by atoms with Gasteiger partial charge in [0.05, 0.1) is 18.7 Å². The van der Waals surface area contributed by atoms with Gasteiger partial charge in [-0.1, -0.05) is 42.5 Å². The molecule has 0 fully saturated rings. The smallest absolute Gasteiger partial charge is 0.290 e. The first-order valence-corrected chi connectivity index (χ1v) is 8.16. The van der Waals surface area contributed by atoms with Crippen LogP contribution >= 0.6 is 0 Å². The highest BCUT2D eigenvalue weighted by Crippen LogP contribution is 2.30. The molecule has 128 valence electrons. The third kappa shape index (κ3) is 4.07. The van der Waals surface area contributed by atoms with E-state index in [2.05, 4.69) is 5.32 Å². The number of rotatable bonds is 5. The van der Waals surface area contributed by atoms with E-state index in [0.717, 1.165) is 5.56 Å². The Morgan fingerprint density at radius 1 is 1.16 bits per heavy atom. The van der Waals surface area contributed by atoms with E-state index >= 15 is 0 Å². The first-order valence-electron chi connectivity index (χ1n) is 8.16. The molecule has 5 heteroatoms. The van der Waals surface area contributed by atoms with E-state index in [0.29, 0.717) is 18.0 Å². The first-order chi connectivity index (χ1) is 12.2. The van der Waals surface area contributed by atoms with Crippen LogP contribution in [0.2, 0.25) is 0 Å². The Labute approximate surface area is 146 Å². The minimum absolute atomic E-state index is 0.0106. The van der Waals surface area contributed by atoms with Gasteiger partial charge in [0, 0.05) is 6.08 Å². The Kier molecular flexibility index (Phi) is 5.14. The summed E-state index contributed by atoms with van der Waals surface area (Å²) in [6, 6.07) is 16.5. The van der Waals surface area contributed by atoms with E-state index in [-0.39, 0.29) is 18.0 Å². The average molecular weight is 337 g/mol. The standard InChI is InChI=1S/C20H19NO4/c1-2-24-17-11-7-6-10-16(17)21-20(23)19-13-15(22)12-18(25-19)14-8-4-3-5-9-14/h3-11,13,18H,2,12H2,1H3,(H,21,23)/t18-/m0/s1. The Bertz CT molecular complexity index is 798. The predicted molar refractivity (Wildman–Crippen MR) is 94.2 cm³/mol. The van der Waals surface area contributed by atoms with Crippen LogP contribution in [0.3, 0.4) is 0 Å². The third-order valence-electron chi connectivity index (χ3n) is 3.78. The van der Waals surface area contributed by atoms with Crippen LogP contribution in [0.15, 0.2) is 66.4 Å². The summed E-state index contributed by atoms with van der Waals surface area (Å²) in [6.45, 7) is 2.36. The highest BCUT2D eigenvalue weighted by molar-refractivity contribution is 6.08. The highest BCUT2D eigenvalue weighted by Gasteiger charge is 2.27. The Balaban J connectivity index is 1.77. The second-order valence-electron chi connectivity index (χ2n) is 5.58. The van der Waals surface area contributed by atoms with Crippen molar-refractivity contribution < 1.29 is 19.1 Å². The summed E-state index contributed by atoms with van der Waals surface area (Å²) in [5, 5.41) is 2.75. The largest absolute Gasteiger partial charge is 0.492 e. The number of nitrogens with one attached hydrogen (secondary N) is 1. The van der Waals surface area contributed by atoms with Crippen molar-refractivity contribution in [2.45, 2.75) is 19.4 Å². The van der Waals surface area contributed by atoms with Crippen molar-refractivity contribution in [2.75, 3.05) is 11.9 Å². The zero-order valence-electron chi connectivity index (χ0n) is 13.9. The maximum atomic E-state index is 12.5. The molecule has 0 unspecified atom stereocenters. The molecule has 0 saturated heterocycles. The summed E-state index contributed by atoms with van der Waals surface area (Å²) >= 11 is 0. The van der Waals surface area contributed by atoms with Gasteiger partial charge in [0.2, 0.25) is 0 Å². The Morgan fingerprint density at radius 2 is 1.88 bits per heavy atom. The fraction of sp³-hybridized carbons (Fsp3) is 0.200. The lowest BCUT2D eigenvalue weighted by Gasteiger charge is -2.24. The molecular formula is C20H19NO4. The van der Waals surface area contributed by atoms with Gasteiger partial charge in [-0.25, -0.2) is 0 Å². The molecule has 1 amide bonds. The van der Waals surface area contributed by atoms with E-state index in [1.54, 1.807) is 18.2 Å². The van der Waals surface area contributed by atoms with Crippen molar-refractivity contribution in [3.05, 3.63) is 72.0 Å². The van der Waals surface area contributed by atoms with E-state index in [1.807, 2.05) is 43.3 Å². The predicted octanol–water partition coefficient (Wildman–Crippen LogP) is 3.64. The number of carbonyl (C=O) groups excluding carboxylic acids is 2. The molecule has 0 aliphatic carbocycles. The zero-order valence-corrected chi connectivity index (χ0v) is 13.9. The molecule has 0 radical (unpaired) electrons. The number of hydrogen-bond acceptors (Lipinski definition) is 4. The molecule has 25 heavy (non-hydrogen) atoms. The van der Waals surface area contributed by atoms with Gasteiger partial charge in [0.1, 0.15) is 11.9 Å². The number of para-hydroxylation sites is 2. The second kappa shape index (κ2) is 7.66. The second-order valence-corrected chi connectivity index (χ2v) is 5.58. The fourth-order valence-corrected chi connectivity index (χ4v) is 2.62. The lowest BCUT2D eigenvalue weighted by molar-refractivity contribution is -0.124. The lowest BCUT2D eigenvalue weighted by atomic mass is 10.0. The molecule has 1 aliphatic heterocycles. The average Bonchev–Trinajstić information content (AvgIpc) is 2.64. The monoisotopic (exact) mass is 337 g/mol. The van der Waals surface area contributed by atoms with E-state index in [1.165, 1.54) is 6.08 Å². The van der Waals surface area contributed by atoms with Crippen LogP contribution in [0.5, 0.6) is 5.75 Å². The van der Waals surface area contributed by atoms with Gasteiger partial charge in [-0.15, -0.1) is 0 Å². The lowest BCUT2D eigenvalue weighted by Crippen LogP contribution is -2.24. The van der Waals surface area contributed by atoms with Crippen molar-refractivity contribution in [3.8, 4) is 5.75 Å². The third-order valence-corrected chi connectivity index (χ3v) is 3.78. The quantitative estimate of drug-likeness (QED) is 0.905. The van der Waals surface area contributed by atoms with Crippen molar-refractivity contribution in [1.29, 1.82) is 0 Å². The van der Waals surface area contributed by atoms with Crippen LogP contribution < -0.4 is 10.1 Å². The molecule has 0 bridgehead atoms. The molecule has 1 N–H and O–H groups in total. The van der Waals surface area contributed by atoms with Gasteiger partial charge in [0.25, 0.3) is 5.91 Å². The number of ether oxygens (including phenoxy) is 2. The van der Waals surface area contributed by atoms with Crippen LogP contribution in [-0.4, -0.2) is 18.3 Å². The molecule has 0 saturated carbocycles. The maximum Gasteiger partial charge on any atom is 0.290 e. The maximum absolute atomic E-state index is 12.5. The minimum Gasteiger partial charge on any atom is -0.492 e. The summed E-state index contributed by atoms with van der Waals surface area (Å²) in [5.41, 5.74) is 1.40. The van der Waals surface area contributed by atoms with Crippen LogP contribution in [0.25, 0.3) is 0 Å². The number of allylic oxidation sites excluding steroid dienone is 1. The fourth-order valence-electron chi connectivity index (χ4n) is 2.62. The van der Waals surface area contributed by atoms with E-state index in [4.69, 9.17) is 9.47 Å². The first kappa shape index (κ1) is 16.8. The number of hydrogen-bond donors (Lipinski definition) is 1. The van der Waals surface area contributed by atoms with Crippen molar-refractivity contribution in [1.82, 2.24) is 0 Å². The van der Waals surface area contributed by atoms with Crippen LogP contribution in [0.4, 0.5) is 5.69 Å². The van der Waals surface area contributed by atoms with Crippen LogP contribution in [-0.2, 0) is 14.3 Å². The SMILES string of the molecule is CCOc1ccccc1NC(=O)C1=CC(=O)C[C@@H](c2ccccc2)O1. The van der Waals surface area contributed by atoms with Gasteiger partial charge < -0.3 is 14.8 Å². The summed E-state index contributed by atoms with van der Waals surface area (Å²) in [5.74, 6) is -0.0263. The number of anilines is 1. The zero-order chi connectivity index (χ0) is 17.6. The van der Waals surface area contributed by atoms with Gasteiger partial charge >= 0.3 is 0 Å². The van der Waals surface area contributed by atoms with E-state index < -0.39 is 12.0 Å². The Morgan fingerprint density at radius 3 is 2.64 bits per heavy atom. The summed E-state index contributed by atoms with van der Waals surface area (Å²) < 4.78 is 11.3. The van der Waals surface area contributed by atoms with E-state index in [9.17, 15) is 9.59 Å². The number of benzene rings is 2. The summed E-state index contributed by atoms with van der Waals surface area (Å²) in [6.07, 6.45) is 1.01. The number of carbonyl (C=O) groups is 2. The molecule has 2 aromatic carbocycles. The molecule has 3 rings (SSSR count). The molecule has 0 aromatic heterocycles. The van der Waals surface area contributed by atoms with Crippen LogP contribution in [0.1, 0.15) is 25.0 Å². The molecule has 1 heterocycles. The Hall–Kier alpha value is -3.08. The van der Waals surface area contributed by atoms with Gasteiger partial charge in [0.15, 0.2) is 11.5 Å². The molecule has 5 nitrogen and oxygen atoms in total. The minimum atomic E-state index is -0.471. The van der Waals surface area contributed by atoms with Crippen molar-refractivity contribution >= 4 is 17.4 Å². The number of amides is 1. The summed E-state index contributed by atoms with van der Waals surface area (Å²) in [7, 11) is 0. The normalized spacial score (nSPS) is 16.6. The van der Waals surface area contributed by atoms with Gasteiger partial charge in [-0.2, -0.15) is 0 Å². The highest BCUT2D eigenvalue weighted by atomic mass is 16.5. The van der Waals surface area contributed by atoms with Gasteiger partial charge in [-0.3, -0.25) is 9.59 Å². The number of ketones is 1. The molecule has 1 atom stereocenters. The molecule has 1 aliphatic rings. The topological polar surface area (TPSA) is 64.6 Å². The molecule has 2 aromatic rings. The van der Waals surface area contributed by atoms with Crippen molar-refractivity contribution in [3.63, 3.8) is 0 Å². The molecular weight excluding hydrogens is 318 g/mol.